The third-order valence-electron chi connectivity index (χ3n) is 3.56. The number of carbonyl (C=O) groups excluding carboxylic acids is 2. The van der Waals surface area contributed by atoms with Gasteiger partial charge in [0.2, 0.25) is 0 Å². The Bertz CT molecular complexity index is 900. The number of hydrogen-bond acceptors (Lipinski definition) is 2. The number of aromatic nitrogens is 1. The monoisotopic (exact) mass is 247 g/mol. The minimum Gasteiger partial charge on any atom is -0.315 e. The van der Waals surface area contributed by atoms with Crippen molar-refractivity contribution in [3.8, 4) is 0 Å². The van der Waals surface area contributed by atoms with E-state index < -0.39 is 0 Å². The van der Waals surface area contributed by atoms with Gasteiger partial charge in [-0.3, -0.25) is 9.59 Å². The van der Waals surface area contributed by atoms with E-state index in [1.165, 1.54) is 12.2 Å². The number of carbonyl (C=O) groups is 2. The van der Waals surface area contributed by atoms with Crippen LogP contribution >= 0.6 is 0 Å². The molecule has 3 aromatic rings. The number of hydrogen-bond donors (Lipinski definition) is 0. The zero-order chi connectivity index (χ0) is 13.0. The lowest BCUT2D eigenvalue weighted by molar-refractivity contribution is 0.0996. The molecule has 0 aliphatic heterocycles. The van der Waals surface area contributed by atoms with Crippen molar-refractivity contribution in [3.63, 3.8) is 0 Å². The molecule has 0 N–H and O–H groups in total. The lowest BCUT2D eigenvalue weighted by atomic mass is 9.98. The number of pyridine rings is 1. The topological polar surface area (TPSA) is 38.5 Å². The van der Waals surface area contributed by atoms with Crippen molar-refractivity contribution >= 4 is 28.0 Å². The summed E-state index contributed by atoms with van der Waals surface area (Å²) in [4.78, 5) is 23.9. The third kappa shape index (κ3) is 1.27. The summed E-state index contributed by atoms with van der Waals surface area (Å²) in [5, 5.41) is 1.08. The van der Waals surface area contributed by atoms with Gasteiger partial charge in [0.1, 0.15) is 0 Å². The fraction of sp³-hybridized carbons (Fsp3) is 0. The molecule has 0 unspecified atom stereocenters. The Balaban J connectivity index is 2.22. The van der Waals surface area contributed by atoms with Crippen LogP contribution in [0.4, 0.5) is 0 Å². The molecule has 4 rings (SSSR count). The van der Waals surface area contributed by atoms with Crippen molar-refractivity contribution in [2.45, 2.75) is 0 Å². The van der Waals surface area contributed by atoms with Crippen LogP contribution in [0.3, 0.4) is 0 Å². The molecule has 0 fully saturated rings. The Kier molecular flexibility index (Phi) is 1.85. The molecule has 1 aromatic carbocycles. The maximum atomic E-state index is 12.0. The highest BCUT2D eigenvalue weighted by atomic mass is 16.1. The highest BCUT2D eigenvalue weighted by molar-refractivity contribution is 6.25. The molecule has 0 amide bonds. The molecule has 2 heterocycles. The number of para-hydroxylation sites is 1. The fourth-order valence-corrected chi connectivity index (χ4v) is 2.67. The van der Waals surface area contributed by atoms with E-state index in [-0.39, 0.29) is 11.6 Å². The first kappa shape index (κ1) is 10.3. The second-order valence-electron chi connectivity index (χ2n) is 4.63. The molecule has 0 radical (unpaired) electrons. The van der Waals surface area contributed by atoms with Gasteiger partial charge in [-0.2, -0.15) is 0 Å². The molecule has 1 aliphatic rings. The molecule has 0 spiro atoms. The van der Waals surface area contributed by atoms with Gasteiger partial charge in [0, 0.05) is 6.20 Å². The quantitative estimate of drug-likeness (QED) is 0.612. The maximum Gasteiger partial charge on any atom is 0.188 e. The van der Waals surface area contributed by atoms with Gasteiger partial charge in [-0.1, -0.05) is 24.3 Å². The lowest BCUT2D eigenvalue weighted by Crippen LogP contribution is -2.08. The van der Waals surface area contributed by atoms with Gasteiger partial charge < -0.3 is 4.40 Å². The molecule has 0 saturated carbocycles. The van der Waals surface area contributed by atoms with Crippen LogP contribution in [0.2, 0.25) is 0 Å². The van der Waals surface area contributed by atoms with Crippen LogP contribution in [0.5, 0.6) is 0 Å². The third-order valence-corrected chi connectivity index (χ3v) is 3.56. The highest BCUT2D eigenvalue weighted by Gasteiger charge is 2.24. The summed E-state index contributed by atoms with van der Waals surface area (Å²) in [6.07, 6.45) is 4.45. The fourth-order valence-electron chi connectivity index (χ4n) is 2.67. The van der Waals surface area contributed by atoms with Gasteiger partial charge in [0.05, 0.1) is 22.2 Å². The van der Waals surface area contributed by atoms with E-state index in [9.17, 15) is 9.59 Å². The van der Waals surface area contributed by atoms with Crippen LogP contribution in [0.25, 0.3) is 16.4 Å². The predicted molar refractivity (Wildman–Crippen MR) is 72.7 cm³/mol. The number of benzene rings is 1. The molecule has 1 aliphatic carbocycles. The van der Waals surface area contributed by atoms with Crippen molar-refractivity contribution in [3.05, 3.63) is 65.9 Å². The molecule has 0 atom stereocenters. The Morgan fingerprint density at radius 1 is 0.789 bits per heavy atom. The van der Waals surface area contributed by atoms with Crippen LogP contribution in [0.1, 0.15) is 20.7 Å². The maximum absolute atomic E-state index is 12.0. The van der Waals surface area contributed by atoms with Gasteiger partial charge >= 0.3 is 0 Å². The SMILES string of the molecule is O=C1C=CC(=O)c2c1cn1c2ccc2ccccc21. The normalized spacial score (nSPS) is 14.3. The number of fused-ring (bicyclic) bond motifs is 5. The summed E-state index contributed by atoms with van der Waals surface area (Å²) in [5.74, 6) is -0.213. The first-order chi connectivity index (χ1) is 9.25. The van der Waals surface area contributed by atoms with Crippen LogP contribution in [0, 0.1) is 0 Å². The summed E-state index contributed by atoms with van der Waals surface area (Å²) >= 11 is 0. The van der Waals surface area contributed by atoms with Crippen LogP contribution in [0.15, 0.2) is 54.7 Å². The van der Waals surface area contributed by atoms with Crippen LogP contribution in [-0.4, -0.2) is 16.0 Å². The molecule has 3 heteroatoms. The molecule has 0 bridgehead atoms. The largest absolute Gasteiger partial charge is 0.315 e. The van der Waals surface area contributed by atoms with Gasteiger partial charge in [-0.15, -0.1) is 0 Å². The summed E-state index contributed by atoms with van der Waals surface area (Å²) in [7, 11) is 0. The number of rotatable bonds is 0. The average Bonchev–Trinajstić information content (AvgIpc) is 2.84. The van der Waals surface area contributed by atoms with Gasteiger partial charge in [-0.05, 0) is 29.7 Å². The second-order valence-corrected chi connectivity index (χ2v) is 4.63. The molecular weight excluding hydrogens is 238 g/mol. The number of nitrogens with zero attached hydrogens (tertiary/aromatic N) is 1. The van der Waals surface area contributed by atoms with E-state index in [1.807, 2.05) is 40.8 Å². The Morgan fingerprint density at radius 2 is 1.58 bits per heavy atom. The standard InChI is InChI=1S/C16H9NO2/c18-14-7-8-15(19)16-11(14)9-17-12-4-2-1-3-10(12)5-6-13(16)17/h1-9H. The van der Waals surface area contributed by atoms with E-state index in [0.29, 0.717) is 11.1 Å². The smallest absolute Gasteiger partial charge is 0.188 e. The Morgan fingerprint density at radius 3 is 2.47 bits per heavy atom. The van der Waals surface area contributed by atoms with Gasteiger partial charge in [-0.25, -0.2) is 0 Å². The zero-order valence-electron chi connectivity index (χ0n) is 9.96. The molecule has 19 heavy (non-hydrogen) atoms. The highest BCUT2D eigenvalue weighted by Crippen LogP contribution is 2.27. The van der Waals surface area contributed by atoms with Crippen molar-refractivity contribution in [2.75, 3.05) is 0 Å². The van der Waals surface area contributed by atoms with E-state index in [1.54, 1.807) is 6.20 Å². The lowest BCUT2D eigenvalue weighted by Gasteiger charge is -2.04. The van der Waals surface area contributed by atoms with Crippen molar-refractivity contribution in [1.29, 1.82) is 0 Å². The number of allylic oxidation sites excluding steroid dienone is 2. The molecule has 90 valence electrons. The van der Waals surface area contributed by atoms with Crippen molar-refractivity contribution < 1.29 is 9.59 Å². The minimum absolute atomic E-state index is 0.104. The summed E-state index contributed by atoms with van der Waals surface area (Å²) in [5.41, 5.74) is 2.79. The first-order valence-electron chi connectivity index (χ1n) is 6.05. The summed E-state index contributed by atoms with van der Waals surface area (Å²) < 4.78 is 1.92. The van der Waals surface area contributed by atoms with Crippen LogP contribution < -0.4 is 0 Å². The second kappa shape index (κ2) is 3.42. The minimum atomic E-state index is -0.109. The molecule has 2 aromatic heterocycles. The van der Waals surface area contributed by atoms with E-state index in [0.717, 1.165) is 16.4 Å². The Hall–Kier alpha value is -2.68. The van der Waals surface area contributed by atoms with Gasteiger partial charge in [0.25, 0.3) is 0 Å². The predicted octanol–water partition coefficient (Wildman–Crippen LogP) is 3.03. The van der Waals surface area contributed by atoms with Crippen molar-refractivity contribution in [1.82, 2.24) is 4.40 Å². The summed E-state index contributed by atoms with van der Waals surface area (Å²) in [6, 6.07) is 11.8. The average molecular weight is 247 g/mol. The van der Waals surface area contributed by atoms with Gasteiger partial charge in [0.15, 0.2) is 11.6 Å². The van der Waals surface area contributed by atoms with Crippen molar-refractivity contribution in [2.24, 2.45) is 0 Å². The molecule has 0 saturated heterocycles. The van der Waals surface area contributed by atoms with Crippen LogP contribution in [-0.2, 0) is 0 Å². The van der Waals surface area contributed by atoms with E-state index in [4.69, 9.17) is 0 Å². The van der Waals surface area contributed by atoms with E-state index in [2.05, 4.69) is 0 Å². The Labute approximate surface area is 108 Å². The molecular formula is C16H9NO2. The summed E-state index contributed by atoms with van der Waals surface area (Å²) in [6.45, 7) is 0. The zero-order valence-corrected chi connectivity index (χ0v) is 9.96. The molecule has 3 nitrogen and oxygen atoms in total. The number of ketones is 2. The first-order valence-corrected chi connectivity index (χ1v) is 6.05. The van der Waals surface area contributed by atoms with E-state index >= 15 is 0 Å².